The van der Waals surface area contributed by atoms with Crippen molar-refractivity contribution in [2.75, 3.05) is 20.1 Å². The molecule has 1 aromatic rings. The molecule has 1 saturated heterocycles. The second-order valence-corrected chi connectivity index (χ2v) is 7.17. The molecule has 0 bridgehead atoms. The van der Waals surface area contributed by atoms with Gasteiger partial charge in [-0.15, -0.1) is 0 Å². The molecule has 0 aliphatic carbocycles. The topological polar surface area (TPSA) is 49.4 Å². The maximum atomic E-state index is 12.7. The molecule has 1 aliphatic rings. The van der Waals surface area contributed by atoms with Crippen LogP contribution < -0.4 is 5.32 Å². The number of rotatable bonds is 4. The lowest BCUT2D eigenvalue weighted by Gasteiger charge is -2.24. The van der Waals surface area contributed by atoms with E-state index >= 15 is 0 Å². The summed E-state index contributed by atoms with van der Waals surface area (Å²) in [5, 5.41) is 3.34. The van der Waals surface area contributed by atoms with Crippen LogP contribution in [0.3, 0.4) is 0 Å². The van der Waals surface area contributed by atoms with Gasteiger partial charge >= 0.3 is 0 Å². The minimum absolute atomic E-state index is 0.0200. The van der Waals surface area contributed by atoms with Crippen molar-refractivity contribution in [1.29, 1.82) is 0 Å². The third-order valence-corrected chi connectivity index (χ3v) is 5.87. The molecule has 6 heteroatoms. The van der Waals surface area contributed by atoms with Crippen LogP contribution in [0.15, 0.2) is 23.1 Å². The Hall–Kier alpha value is -0.620. The number of hydrogen-bond donors (Lipinski definition) is 1. The first-order valence-corrected chi connectivity index (χ1v) is 8.21. The van der Waals surface area contributed by atoms with Crippen LogP contribution in [0.25, 0.3) is 0 Å². The van der Waals surface area contributed by atoms with Crippen molar-refractivity contribution in [1.82, 2.24) is 9.62 Å². The van der Waals surface area contributed by atoms with Crippen LogP contribution in [0.1, 0.15) is 18.4 Å². The largest absolute Gasteiger partial charge is 0.318 e. The van der Waals surface area contributed by atoms with E-state index in [2.05, 4.69) is 5.32 Å². The molecule has 1 heterocycles. The second kappa shape index (κ2) is 5.79. The number of sulfonamides is 1. The number of aryl methyl sites for hydroxylation is 1. The molecule has 1 unspecified atom stereocenters. The Morgan fingerprint density at radius 3 is 2.89 bits per heavy atom. The Morgan fingerprint density at radius 2 is 2.21 bits per heavy atom. The van der Waals surface area contributed by atoms with Gasteiger partial charge in [-0.3, -0.25) is 0 Å². The van der Waals surface area contributed by atoms with E-state index in [1.54, 1.807) is 16.4 Å². The van der Waals surface area contributed by atoms with E-state index in [1.807, 2.05) is 20.0 Å². The van der Waals surface area contributed by atoms with Crippen LogP contribution in [0.4, 0.5) is 0 Å². The van der Waals surface area contributed by atoms with E-state index in [0.717, 1.165) is 18.4 Å². The molecule has 1 fully saturated rings. The number of hydrogen-bond acceptors (Lipinski definition) is 3. The molecule has 1 aromatic carbocycles. The van der Waals surface area contributed by atoms with Crippen molar-refractivity contribution < 1.29 is 8.42 Å². The average molecular weight is 303 g/mol. The zero-order valence-electron chi connectivity index (χ0n) is 11.2. The Kier molecular flexibility index (Phi) is 4.50. The summed E-state index contributed by atoms with van der Waals surface area (Å²) in [6, 6.07) is 5.13. The summed E-state index contributed by atoms with van der Waals surface area (Å²) >= 11 is 6.06. The first-order valence-electron chi connectivity index (χ1n) is 6.39. The number of halogens is 1. The van der Waals surface area contributed by atoms with Crippen molar-refractivity contribution in [3.8, 4) is 0 Å². The zero-order valence-corrected chi connectivity index (χ0v) is 12.8. The first-order chi connectivity index (χ1) is 8.96. The van der Waals surface area contributed by atoms with Gasteiger partial charge in [-0.2, -0.15) is 4.31 Å². The third kappa shape index (κ3) is 2.94. The molecule has 0 saturated carbocycles. The molecule has 1 atom stereocenters. The predicted octanol–water partition coefficient (Wildman–Crippen LogP) is 2.02. The van der Waals surface area contributed by atoms with Gasteiger partial charge in [-0.1, -0.05) is 17.7 Å². The molecule has 19 heavy (non-hydrogen) atoms. The van der Waals surface area contributed by atoms with Crippen molar-refractivity contribution >= 4 is 21.6 Å². The van der Waals surface area contributed by atoms with E-state index in [-0.39, 0.29) is 10.9 Å². The fraction of sp³-hybridized carbons (Fsp3) is 0.538. The zero-order chi connectivity index (χ0) is 14.0. The lowest BCUT2D eigenvalue weighted by molar-refractivity contribution is 0.379. The summed E-state index contributed by atoms with van der Waals surface area (Å²) < 4.78 is 27.0. The highest BCUT2D eigenvalue weighted by atomic mass is 35.5. The van der Waals surface area contributed by atoms with Crippen LogP contribution in [0, 0.1) is 6.92 Å². The van der Waals surface area contributed by atoms with Crippen LogP contribution in [0.2, 0.25) is 5.02 Å². The minimum Gasteiger partial charge on any atom is -0.318 e. The van der Waals surface area contributed by atoms with Gasteiger partial charge < -0.3 is 5.32 Å². The molecule has 0 amide bonds. The summed E-state index contributed by atoms with van der Waals surface area (Å²) in [7, 11) is -1.67. The quantitative estimate of drug-likeness (QED) is 0.926. The molecular formula is C13H19ClN2O2S. The normalized spacial score (nSPS) is 20.9. The molecule has 106 valence electrons. The predicted molar refractivity (Wildman–Crippen MR) is 77.0 cm³/mol. The maximum Gasteiger partial charge on any atom is 0.244 e. The van der Waals surface area contributed by atoms with Gasteiger partial charge in [0, 0.05) is 19.1 Å². The van der Waals surface area contributed by atoms with E-state index < -0.39 is 10.0 Å². The SMILES string of the molecule is CNCC1CCCN1S(=O)(=O)c1cc(C)ccc1Cl. The molecule has 0 aromatic heterocycles. The van der Waals surface area contributed by atoms with E-state index in [4.69, 9.17) is 11.6 Å². The maximum absolute atomic E-state index is 12.7. The molecule has 1 aliphatic heterocycles. The highest BCUT2D eigenvalue weighted by Gasteiger charge is 2.35. The molecule has 0 spiro atoms. The highest BCUT2D eigenvalue weighted by Crippen LogP contribution is 2.30. The minimum atomic E-state index is -3.50. The van der Waals surface area contributed by atoms with Crippen molar-refractivity contribution in [3.63, 3.8) is 0 Å². The number of benzene rings is 1. The monoisotopic (exact) mass is 302 g/mol. The van der Waals surface area contributed by atoms with Crippen molar-refractivity contribution in [2.45, 2.75) is 30.7 Å². The first kappa shape index (κ1) is 14.8. The Balaban J connectivity index is 2.39. The summed E-state index contributed by atoms with van der Waals surface area (Å²) in [5.74, 6) is 0. The number of likely N-dealkylation sites (N-methyl/N-ethyl adjacent to an activating group) is 1. The van der Waals surface area contributed by atoms with E-state index in [0.29, 0.717) is 18.1 Å². The van der Waals surface area contributed by atoms with Gasteiger partial charge in [0.1, 0.15) is 4.90 Å². The second-order valence-electron chi connectivity index (χ2n) is 4.90. The number of nitrogens with one attached hydrogen (secondary N) is 1. The van der Waals surface area contributed by atoms with Gasteiger partial charge in [0.15, 0.2) is 0 Å². The Morgan fingerprint density at radius 1 is 1.47 bits per heavy atom. The van der Waals surface area contributed by atoms with Crippen LogP contribution in [-0.2, 0) is 10.0 Å². The summed E-state index contributed by atoms with van der Waals surface area (Å²) in [4.78, 5) is 0.220. The Labute approximate surface area is 119 Å². The van der Waals surface area contributed by atoms with Crippen LogP contribution >= 0.6 is 11.6 Å². The summed E-state index contributed by atoms with van der Waals surface area (Å²) in [6.07, 6.45) is 1.79. The molecule has 0 radical (unpaired) electrons. The lowest BCUT2D eigenvalue weighted by atomic mass is 10.2. The summed E-state index contributed by atoms with van der Waals surface area (Å²) in [6.45, 7) is 3.10. The highest BCUT2D eigenvalue weighted by molar-refractivity contribution is 7.89. The Bertz CT molecular complexity index is 560. The number of nitrogens with zero attached hydrogens (tertiary/aromatic N) is 1. The average Bonchev–Trinajstić information content (AvgIpc) is 2.81. The third-order valence-electron chi connectivity index (χ3n) is 3.44. The van der Waals surface area contributed by atoms with Crippen molar-refractivity contribution in [3.05, 3.63) is 28.8 Å². The van der Waals surface area contributed by atoms with Gasteiger partial charge in [0.25, 0.3) is 0 Å². The van der Waals surface area contributed by atoms with Gasteiger partial charge in [-0.25, -0.2) is 8.42 Å². The van der Waals surface area contributed by atoms with Crippen molar-refractivity contribution in [2.24, 2.45) is 0 Å². The molecule has 4 nitrogen and oxygen atoms in total. The fourth-order valence-corrected chi connectivity index (χ4v) is 4.75. The summed E-state index contributed by atoms with van der Waals surface area (Å²) in [5.41, 5.74) is 0.896. The molecular weight excluding hydrogens is 284 g/mol. The van der Waals surface area contributed by atoms with Gasteiger partial charge in [0.05, 0.1) is 5.02 Å². The van der Waals surface area contributed by atoms with Gasteiger partial charge in [0.2, 0.25) is 10.0 Å². The molecule has 2 rings (SSSR count). The standard InChI is InChI=1S/C13H19ClN2O2S/c1-10-5-6-12(14)13(8-10)19(17,18)16-7-3-4-11(16)9-15-2/h5-6,8,11,15H,3-4,7,9H2,1-2H3. The lowest BCUT2D eigenvalue weighted by Crippen LogP contribution is -2.40. The molecule has 1 N–H and O–H groups in total. The van der Waals surface area contributed by atoms with Crippen LogP contribution in [-0.4, -0.2) is 38.9 Å². The van der Waals surface area contributed by atoms with Crippen LogP contribution in [0.5, 0.6) is 0 Å². The fourth-order valence-electron chi connectivity index (χ4n) is 2.50. The van der Waals surface area contributed by atoms with Gasteiger partial charge in [-0.05, 0) is 44.5 Å². The van der Waals surface area contributed by atoms with E-state index in [9.17, 15) is 8.42 Å². The van der Waals surface area contributed by atoms with E-state index in [1.165, 1.54) is 0 Å². The smallest absolute Gasteiger partial charge is 0.244 e.